The highest BCUT2D eigenvalue weighted by atomic mass is 32.2. The minimum Gasteiger partial charge on any atom is -0.340 e. The van der Waals surface area contributed by atoms with Crippen LogP contribution in [-0.2, 0) is 10.0 Å². The predicted octanol–water partition coefficient (Wildman–Crippen LogP) is 3.00. The van der Waals surface area contributed by atoms with Crippen LogP contribution in [-0.4, -0.2) is 48.9 Å². The Morgan fingerprint density at radius 1 is 0.963 bits per heavy atom. The van der Waals surface area contributed by atoms with Gasteiger partial charge in [-0.3, -0.25) is 0 Å². The van der Waals surface area contributed by atoms with Gasteiger partial charge in [0.05, 0.1) is 15.9 Å². The zero-order chi connectivity index (χ0) is 19.2. The normalized spacial score (nSPS) is 16.2. The van der Waals surface area contributed by atoms with E-state index in [0.29, 0.717) is 31.1 Å². The second kappa shape index (κ2) is 6.65. The summed E-state index contributed by atoms with van der Waals surface area (Å²) in [5.74, 6) is 0.802. The highest BCUT2D eigenvalue weighted by Crippen LogP contribution is 2.27. The van der Waals surface area contributed by atoms with E-state index in [0.717, 1.165) is 33.7 Å². The molecule has 0 spiro atoms. The number of benzene rings is 2. The van der Waals surface area contributed by atoms with Gasteiger partial charge in [-0.2, -0.15) is 4.31 Å². The molecular formula is C20H24N4O2S. The molecule has 3 aromatic rings. The van der Waals surface area contributed by atoms with Crippen LogP contribution < -0.4 is 4.90 Å². The van der Waals surface area contributed by atoms with Crippen molar-refractivity contribution in [1.82, 2.24) is 14.3 Å². The standard InChI is InChI=1S/C20H24N4O2S/c1-14-12-15(2)19(16(3)13-14)27(25,26)24-10-8-23(9-11-24)20-21-17-6-4-5-7-18(17)22-20/h4-7,12-13H,8-11H2,1-3H3,(H,21,22). The van der Waals surface area contributed by atoms with Gasteiger partial charge >= 0.3 is 0 Å². The van der Waals surface area contributed by atoms with Crippen LogP contribution >= 0.6 is 0 Å². The summed E-state index contributed by atoms with van der Waals surface area (Å²) in [6.07, 6.45) is 0. The number of hydrogen-bond acceptors (Lipinski definition) is 4. The monoisotopic (exact) mass is 384 g/mol. The quantitative estimate of drug-likeness (QED) is 0.754. The number of aromatic nitrogens is 2. The number of aromatic amines is 1. The summed E-state index contributed by atoms with van der Waals surface area (Å²) in [6, 6.07) is 11.8. The topological polar surface area (TPSA) is 69.3 Å². The van der Waals surface area contributed by atoms with Crippen molar-refractivity contribution in [1.29, 1.82) is 0 Å². The third kappa shape index (κ3) is 3.21. The first kappa shape index (κ1) is 18.0. The lowest BCUT2D eigenvalue weighted by molar-refractivity contribution is 0.382. The molecule has 0 unspecified atom stereocenters. The van der Waals surface area contributed by atoms with Gasteiger partial charge in [0.15, 0.2) is 0 Å². The number of hydrogen-bond donors (Lipinski definition) is 1. The molecule has 6 nitrogen and oxygen atoms in total. The largest absolute Gasteiger partial charge is 0.340 e. The maximum atomic E-state index is 13.2. The average molecular weight is 385 g/mol. The highest BCUT2D eigenvalue weighted by Gasteiger charge is 2.31. The molecule has 27 heavy (non-hydrogen) atoms. The minimum absolute atomic E-state index is 0.449. The Morgan fingerprint density at radius 3 is 2.22 bits per heavy atom. The predicted molar refractivity (Wildman–Crippen MR) is 108 cm³/mol. The van der Waals surface area contributed by atoms with Crippen molar-refractivity contribution in [2.75, 3.05) is 31.1 Å². The van der Waals surface area contributed by atoms with Crippen LogP contribution in [0.25, 0.3) is 11.0 Å². The third-order valence-corrected chi connectivity index (χ3v) is 7.32. The second-order valence-electron chi connectivity index (χ2n) is 7.20. The molecule has 2 aromatic carbocycles. The van der Waals surface area contributed by atoms with E-state index in [9.17, 15) is 8.42 Å². The fourth-order valence-corrected chi connectivity index (χ4v) is 5.77. The van der Waals surface area contributed by atoms with E-state index in [1.165, 1.54) is 0 Å². The lowest BCUT2D eigenvalue weighted by Gasteiger charge is -2.34. The summed E-state index contributed by atoms with van der Waals surface area (Å²) in [5, 5.41) is 0. The molecule has 0 aliphatic carbocycles. The van der Waals surface area contributed by atoms with E-state index in [1.54, 1.807) is 4.31 Å². The number of rotatable bonds is 3. The lowest BCUT2D eigenvalue weighted by Crippen LogP contribution is -2.49. The second-order valence-corrected chi connectivity index (χ2v) is 9.07. The SMILES string of the molecule is Cc1cc(C)c(S(=O)(=O)N2CCN(c3nc4ccccc4[nH]3)CC2)c(C)c1. The van der Waals surface area contributed by atoms with E-state index in [-0.39, 0.29) is 0 Å². The van der Waals surface area contributed by atoms with Crippen molar-refractivity contribution >= 4 is 27.0 Å². The summed E-state index contributed by atoms with van der Waals surface area (Å²) in [4.78, 5) is 10.5. The van der Waals surface area contributed by atoms with Gasteiger partial charge in [-0.15, -0.1) is 0 Å². The van der Waals surface area contributed by atoms with Crippen molar-refractivity contribution in [3.05, 3.63) is 53.1 Å². The van der Waals surface area contributed by atoms with Crippen molar-refractivity contribution in [3.63, 3.8) is 0 Å². The molecule has 2 heterocycles. The van der Waals surface area contributed by atoms with Gasteiger partial charge in [0.1, 0.15) is 0 Å². The highest BCUT2D eigenvalue weighted by molar-refractivity contribution is 7.89. The molecule has 0 atom stereocenters. The third-order valence-electron chi connectivity index (χ3n) is 5.12. The Bertz CT molecular complexity index is 1040. The Balaban J connectivity index is 1.55. The molecule has 1 N–H and O–H groups in total. The van der Waals surface area contributed by atoms with Crippen molar-refractivity contribution < 1.29 is 8.42 Å². The van der Waals surface area contributed by atoms with E-state index in [4.69, 9.17) is 0 Å². The van der Waals surface area contributed by atoms with Crippen LogP contribution in [0.5, 0.6) is 0 Å². The van der Waals surface area contributed by atoms with Gasteiger partial charge in [-0.05, 0) is 44.0 Å². The summed E-state index contributed by atoms with van der Waals surface area (Å²) in [6.45, 7) is 7.86. The first-order valence-corrected chi connectivity index (χ1v) is 10.6. The Labute approximate surface area is 159 Å². The Hall–Kier alpha value is -2.38. The van der Waals surface area contributed by atoms with Crippen LogP contribution in [0.3, 0.4) is 0 Å². The molecule has 1 saturated heterocycles. The van der Waals surface area contributed by atoms with Gasteiger partial charge in [-0.1, -0.05) is 29.8 Å². The molecular weight excluding hydrogens is 360 g/mol. The molecule has 7 heteroatoms. The summed E-state index contributed by atoms with van der Waals surface area (Å²) in [7, 11) is -3.49. The minimum atomic E-state index is -3.49. The van der Waals surface area contributed by atoms with Gasteiger partial charge in [0, 0.05) is 26.2 Å². The first-order valence-electron chi connectivity index (χ1n) is 9.14. The molecule has 142 valence electrons. The zero-order valence-electron chi connectivity index (χ0n) is 15.9. The number of nitrogens with zero attached hydrogens (tertiary/aromatic N) is 3. The average Bonchev–Trinajstić information content (AvgIpc) is 3.05. The fourth-order valence-electron chi connectivity index (χ4n) is 3.93. The van der Waals surface area contributed by atoms with Gasteiger partial charge in [-0.25, -0.2) is 13.4 Å². The van der Waals surface area contributed by atoms with E-state index in [1.807, 2.05) is 57.2 Å². The number of anilines is 1. The van der Waals surface area contributed by atoms with Gasteiger partial charge < -0.3 is 9.88 Å². The molecule has 1 aliphatic rings. The number of para-hydroxylation sites is 2. The van der Waals surface area contributed by atoms with Crippen LogP contribution in [0.15, 0.2) is 41.3 Å². The van der Waals surface area contributed by atoms with Crippen LogP contribution in [0.2, 0.25) is 0 Å². The maximum absolute atomic E-state index is 13.2. The summed E-state index contributed by atoms with van der Waals surface area (Å²) < 4.78 is 28.0. The molecule has 1 fully saturated rings. The number of sulfonamides is 1. The molecule has 4 rings (SSSR count). The molecule has 1 aromatic heterocycles. The molecule has 0 radical (unpaired) electrons. The van der Waals surface area contributed by atoms with Crippen LogP contribution in [0.1, 0.15) is 16.7 Å². The van der Waals surface area contributed by atoms with Crippen molar-refractivity contribution in [3.8, 4) is 0 Å². The van der Waals surface area contributed by atoms with Crippen LogP contribution in [0.4, 0.5) is 5.95 Å². The van der Waals surface area contributed by atoms with Crippen molar-refractivity contribution in [2.45, 2.75) is 25.7 Å². The van der Waals surface area contributed by atoms with E-state index >= 15 is 0 Å². The molecule has 0 saturated carbocycles. The zero-order valence-corrected chi connectivity index (χ0v) is 16.7. The molecule has 0 bridgehead atoms. The molecule has 1 aliphatic heterocycles. The number of piperazine rings is 1. The Morgan fingerprint density at radius 2 is 1.59 bits per heavy atom. The number of fused-ring (bicyclic) bond motifs is 1. The number of aryl methyl sites for hydroxylation is 3. The Kier molecular flexibility index (Phi) is 4.44. The first-order chi connectivity index (χ1) is 12.9. The molecule has 0 amide bonds. The number of nitrogens with one attached hydrogen (secondary N) is 1. The number of imidazole rings is 1. The summed E-state index contributed by atoms with van der Waals surface area (Å²) in [5.41, 5.74) is 4.62. The van der Waals surface area contributed by atoms with Crippen molar-refractivity contribution in [2.24, 2.45) is 0 Å². The smallest absolute Gasteiger partial charge is 0.243 e. The van der Waals surface area contributed by atoms with Gasteiger partial charge in [0.25, 0.3) is 0 Å². The van der Waals surface area contributed by atoms with E-state index < -0.39 is 10.0 Å². The number of H-pyrrole nitrogens is 1. The fraction of sp³-hybridized carbons (Fsp3) is 0.350. The maximum Gasteiger partial charge on any atom is 0.243 e. The van der Waals surface area contributed by atoms with Gasteiger partial charge in [0.2, 0.25) is 16.0 Å². The van der Waals surface area contributed by atoms with Crippen LogP contribution in [0, 0.1) is 20.8 Å². The van der Waals surface area contributed by atoms with E-state index in [2.05, 4.69) is 14.9 Å². The lowest BCUT2D eigenvalue weighted by atomic mass is 10.1. The summed E-state index contributed by atoms with van der Waals surface area (Å²) >= 11 is 0.